The Hall–Kier alpha value is -1.34. The van der Waals surface area contributed by atoms with Gasteiger partial charge in [-0.2, -0.15) is 15.0 Å². The van der Waals surface area contributed by atoms with E-state index in [-0.39, 0.29) is 11.9 Å². The number of nitrogens with two attached hydrogens (primary N) is 2. The van der Waals surface area contributed by atoms with Crippen LogP contribution < -0.4 is 11.5 Å². The second-order valence-corrected chi connectivity index (χ2v) is 1.65. The Kier molecular flexibility index (Phi) is 1.44. The van der Waals surface area contributed by atoms with Gasteiger partial charge in [-0.1, -0.05) is 0 Å². The average molecular weight is 145 g/mol. The van der Waals surface area contributed by atoms with Crippen LogP contribution in [0.1, 0.15) is 0 Å². The maximum atomic E-state index is 8.77. The lowest BCUT2D eigenvalue weighted by atomic mass is 10.7. The first-order valence-electron chi connectivity index (χ1n) is 2.45. The zero-order chi connectivity index (χ0) is 7.72. The molecule has 1 atom stereocenters. The molecule has 0 saturated carbocycles. The lowest BCUT2D eigenvalue weighted by Gasteiger charge is -2.21. The maximum absolute atomic E-state index is 8.77. The van der Waals surface area contributed by atoms with Crippen LogP contribution in [0.15, 0.2) is 9.98 Å². The normalized spacial score (nSPS) is 25.8. The van der Waals surface area contributed by atoms with E-state index in [9.17, 15) is 0 Å². The van der Waals surface area contributed by atoms with Gasteiger partial charge in [-0.3, -0.25) is 5.21 Å². The van der Waals surface area contributed by atoms with Gasteiger partial charge < -0.3 is 16.6 Å². The second kappa shape index (κ2) is 2.12. The predicted octanol–water partition coefficient (Wildman–Crippen LogP) is -2.40. The zero-order valence-electron chi connectivity index (χ0n) is 4.97. The molecule has 0 fully saturated rings. The third-order valence-electron chi connectivity index (χ3n) is 0.930. The molecule has 1 rings (SSSR count). The summed E-state index contributed by atoms with van der Waals surface area (Å²) in [5, 5.41) is 17.8. The van der Waals surface area contributed by atoms with Crippen LogP contribution in [0.5, 0.6) is 0 Å². The van der Waals surface area contributed by atoms with Gasteiger partial charge >= 0.3 is 0 Å². The molecule has 1 aliphatic rings. The van der Waals surface area contributed by atoms with Gasteiger partial charge in [-0.25, -0.2) is 0 Å². The van der Waals surface area contributed by atoms with Gasteiger partial charge in [0.05, 0.1) is 0 Å². The van der Waals surface area contributed by atoms with Crippen LogP contribution in [0, 0.1) is 0 Å². The summed E-state index contributed by atoms with van der Waals surface area (Å²) in [4.78, 5) is 6.62. The van der Waals surface area contributed by atoms with E-state index in [0.717, 1.165) is 0 Å². The van der Waals surface area contributed by atoms with Crippen LogP contribution in [0.4, 0.5) is 0 Å². The highest BCUT2D eigenvalue weighted by atomic mass is 16.5. The van der Waals surface area contributed by atoms with Gasteiger partial charge in [0.1, 0.15) is 0 Å². The Bertz CT molecular complexity index is 199. The number of hydroxylamine groups is 2. The van der Waals surface area contributed by atoms with Crippen molar-refractivity contribution in [1.29, 1.82) is 0 Å². The van der Waals surface area contributed by atoms with E-state index in [1.807, 2.05) is 0 Å². The summed E-state index contributed by atoms with van der Waals surface area (Å²) in [7, 11) is 0. The second-order valence-electron chi connectivity index (χ2n) is 1.65. The Balaban J connectivity index is 2.85. The van der Waals surface area contributed by atoms with Crippen molar-refractivity contribution in [3.8, 4) is 0 Å². The molecule has 1 unspecified atom stereocenters. The molecule has 0 spiro atoms. The number of nitrogens with zero attached hydrogens (tertiary/aromatic N) is 3. The number of rotatable bonds is 0. The van der Waals surface area contributed by atoms with Gasteiger partial charge in [-0.05, 0) is 0 Å². The zero-order valence-corrected chi connectivity index (χ0v) is 4.97. The molecule has 0 aromatic heterocycles. The molecule has 0 radical (unpaired) electrons. The molecule has 7 nitrogen and oxygen atoms in total. The largest absolute Gasteiger partial charge is 0.368 e. The number of guanidine groups is 2. The third-order valence-corrected chi connectivity index (χ3v) is 0.930. The van der Waals surface area contributed by atoms with E-state index in [1.165, 1.54) is 0 Å². The molecular weight excluding hydrogens is 138 g/mol. The fraction of sp³-hybridized carbons (Fsp3) is 0.333. The molecule has 0 amide bonds. The van der Waals surface area contributed by atoms with Crippen molar-refractivity contribution in [3.63, 3.8) is 0 Å². The highest BCUT2D eigenvalue weighted by Gasteiger charge is 2.19. The molecule has 0 aliphatic carbocycles. The molecule has 10 heavy (non-hydrogen) atoms. The van der Waals surface area contributed by atoms with Gasteiger partial charge in [0, 0.05) is 0 Å². The lowest BCUT2D eigenvalue weighted by molar-refractivity contribution is -0.135. The van der Waals surface area contributed by atoms with Crippen LogP contribution >= 0.6 is 0 Å². The standard InChI is InChI=1S/C3H7N5O2/c4-1-6-2(5)8(10)3(9)7-1/h3,9-10H,(H4,4,5,6,7). The lowest BCUT2D eigenvalue weighted by Crippen LogP contribution is -2.46. The molecule has 1 heterocycles. The van der Waals surface area contributed by atoms with Gasteiger partial charge in [-0.15, -0.1) is 0 Å². The molecule has 0 aromatic rings. The van der Waals surface area contributed by atoms with E-state index >= 15 is 0 Å². The number of aliphatic hydroxyl groups excluding tert-OH is 1. The highest BCUT2D eigenvalue weighted by molar-refractivity contribution is 5.94. The van der Waals surface area contributed by atoms with Crippen LogP contribution in [-0.4, -0.2) is 33.6 Å². The van der Waals surface area contributed by atoms with Crippen LogP contribution in [0.25, 0.3) is 0 Å². The number of hydrogen-bond donors (Lipinski definition) is 4. The Labute approximate surface area is 56.2 Å². The first kappa shape index (κ1) is 6.78. The summed E-state index contributed by atoms with van der Waals surface area (Å²) >= 11 is 0. The third kappa shape index (κ3) is 0.993. The minimum absolute atomic E-state index is 0.157. The summed E-state index contributed by atoms with van der Waals surface area (Å²) in [6.07, 6.45) is -1.45. The molecule has 0 saturated heterocycles. The summed E-state index contributed by atoms with van der Waals surface area (Å²) in [5.41, 5.74) is 10.1. The van der Waals surface area contributed by atoms with Crippen LogP contribution in [0.3, 0.4) is 0 Å². The molecule has 56 valence electrons. The van der Waals surface area contributed by atoms with Crippen molar-refractivity contribution in [2.75, 3.05) is 0 Å². The highest BCUT2D eigenvalue weighted by Crippen LogP contribution is 1.98. The van der Waals surface area contributed by atoms with Crippen molar-refractivity contribution in [3.05, 3.63) is 0 Å². The van der Waals surface area contributed by atoms with Crippen molar-refractivity contribution in [1.82, 2.24) is 5.06 Å². The van der Waals surface area contributed by atoms with Gasteiger partial charge in [0.25, 0.3) is 6.35 Å². The predicted molar refractivity (Wildman–Crippen MR) is 32.9 cm³/mol. The van der Waals surface area contributed by atoms with E-state index in [0.29, 0.717) is 5.06 Å². The topological polar surface area (TPSA) is 120 Å². The molecule has 7 heteroatoms. The van der Waals surface area contributed by atoms with Gasteiger partial charge in [0.2, 0.25) is 11.9 Å². The van der Waals surface area contributed by atoms with Crippen LogP contribution in [-0.2, 0) is 0 Å². The average Bonchev–Trinajstić information content (AvgIpc) is 1.82. The maximum Gasteiger partial charge on any atom is 0.254 e. The van der Waals surface area contributed by atoms with Crippen molar-refractivity contribution >= 4 is 11.9 Å². The minimum atomic E-state index is -1.45. The Morgan fingerprint density at radius 3 is 2.60 bits per heavy atom. The fourth-order valence-electron chi connectivity index (χ4n) is 0.489. The van der Waals surface area contributed by atoms with Crippen molar-refractivity contribution in [2.45, 2.75) is 6.35 Å². The SMILES string of the molecule is NC1=NC(O)N(O)C(N)=N1. The summed E-state index contributed by atoms with van der Waals surface area (Å²) < 4.78 is 0. The van der Waals surface area contributed by atoms with Gasteiger partial charge in [0.15, 0.2) is 0 Å². The first-order valence-corrected chi connectivity index (χ1v) is 2.45. The first-order chi connectivity index (χ1) is 4.61. The van der Waals surface area contributed by atoms with E-state index in [2.05, 4.69) is 9.98 Å². The summed E-state index contributed by atoms with van der Waals surface area (Å²) in [5.74, 6) is -0.435. The summed E-state index contributed by atoms with van der Waals surface area (Å²) in [6, 6.07) is 0. The van der Waals surface area contributed by atoms with E-state index in [4.69, 9.17) is 21.8 Å². The van der Waals surface area contributed by atoms with E-state index < -0.39 is 6.35 Å². The molecular formula is C3H7N5O2. The Morgan fingerprint density at radius 2 is 2.10 bits per heavy atom. The number of aliphatic imine (C=N–C) groups is 2. The number of aliphatic hydroxyl groups is 1. The fourth-order valence-corrected chi connectivity index (χ4v) is 0.489. The number of hydrogen-bond acceptors (Lipinski definition) is 7. The van der Waals surface area contributed by atoms with Crippen LogP contribution in [0.2, 0.25) is 0 Å². The van der Waals surface area contributed by atoms with Crippen molar-refractivity contribution < 1.29 is 10.3 Å². The summed E-state index contributed by atoms with van der Waals surface area (Å²) in [6.45, 7) is 0. The minimum Gasteiger partial charge on any atom is -0.368 e. The molecule has 0 aromatic carbocycles. The molecule has 1 aliphatic heterocycles. The van der Waals surface area contributed by atoms with Crippen molar-refractivity contribution in [2.24, 2.45) is 21.5 Å². The van der Waals surface area contributed by atoms with E-state index in [1.54, 1.807) is 0 Å². The monoisotopic (exact) mass is 145 g/mol. The molecule has 6 N–H and O–H groups in total. The molecule has 0 bridgehead atoms. The Morgan fingerprint density at radius 1 is 1.50 bits per heavy atom. The quantitative estimate of drug-likeness (QED) is 0.302. The smallest absolute Gasteiger partial charge is 0.254 e.